The molecule has 4 nitrogen and oxygen atoms in total. The lowest BCUT2D eigenvalue weighted by Gasteiger charge is -2.01. The van der Waals surface area contributed by atoms with Crippen molar-refractivity contribution in [1.82, 2.24) is 5.43 Å². The minimum Gasteiger partial charge on any atom is -0.264 e. The zero-order valence-electron chi connectivity index (χ0n) is 7.43. The third-order valence-corrected chi connectivity index (χ3v) is 2.03. The van der Waals surface area contributed by atoms with Gasteiger partial charge in [0.05, 0.1) is 4.91 Å². The monoisotopic (exact) mass is 189 g/mol. The Morgan fingerprint density at radius 3 is 2.93 bits per heavy atom. The lowest BCUT2D eigenvalue weighted by Crippen LogP contribution is -2.29. The van der Waals surface area contributed by atoms with Crippen LogP contribution in [0.1, 0.15) is 5.56 Å². The second-order valence-electron chi connectivity index (χ2n) is 3.01. The van der Waals surface area contributed by atoms with Gasteiger partial charge in [0.2, 0.25) is 0 Å². The fourth-order valence-electron chi connectivity index (χ4n) is 1.37. The maximum atomic E-state index is 11.4. The van der Waals surface area contributed by atoms with Crippen molar-refractivity contribution < 1.29 is 9.66 Å². The highest BCUT2D eigenvalue weighted by Crippen LogP contribution is 2.18. The molecule has 0 aliphatic carbocycles. The van der Waals surface area contributed by atoms with Gasteiger partial charge >= 0.3 is 5.91 Å². The van der Waals surface area contributed by atoms with E-state index in [0.717, 1.165) is 5.56 Å². The molecule has 1 N–H and O–H groups in total. The number of hydrazine groups is 1. The summed E-state index contributed by atoms with van der Waals surface area (Å²) in [5.74, 6) is -0.394. The summed E-state index contributed by atoms with van der Waals surface area (Å²) in [4.78, 5) is 22.9. The highest BCUT2D eigenvalue weighted by atomic mass is 16.3. The normalized spacial score (nSPS) is 17.7. The van der Waals surface area contributed by atoms with Crippen LogP contribution in [-0.2, 0) is 11.2 Å². The SMILES string of the molecule is O=C1/C=C\Cc2ccccc2[N+](=O)N1. The van der Waals surface area contributed by atoms with Crippen LogP contribution in [0.5, 0.6) is 0 Å². The standard InChI is InChI=1S/C10H8N2O2/c13-10-7-3-5-8-4-1-2-6-9(8)12(14)11-10/h1-4,6-7H,5H2/p+1/b7-3-. The summed E-state index contributed by atoms with van der Waals surface area (Å²) in [5, 5.41) is 0. The molecule has 0 unspecified atom stereocenters. The molecule has 0 saturated carbocycles. The summed E-state index contributed by atoms with van der Waals surface area (Å²) >= 11 is 0. The van der Waals surface area contributed by atoms with Crippen molar-refractivity contribution in [1.29, 1.82) is 0 Å². The number of hydrogen-bond donors (Lipinski definition) is 1. The molecule has 4 heteroatoms. The summed E-state index contributed by atoms with van der Waals surface area (Å²) in [5.41, 5.74) is 3.58. The quantitative estimate of drug-likeness (QED) is 0.624. The van der Waals surface area contributed by atoms with Crippen LogP contribution in [0.3, 0.4) is 0 Å². The van der Waals surface area contributed by atoms with Gasteiger partial charge in [-0.1, -0.05) is 29.7 Å². The zero-order chi connectivity index (χ0) is 9.97. The number of carbonyl (C=O) groups is 1. The molecule has 0 fully saturated rings. The second-order valence-corrected chi connectivity index (χ2v) is 3.01. The van der Waals surface area contributed by atoms with Gasteiger partial charge in [0.1, 0.15) is 0 Å². The van der Waals surface area contributed by atoms with Crippen LogP contribution in [0, 0.1) is 4.91 Å². The maximum Gasteiger partial charge on any atom is 0.302 e. The number of rotatable bonds is 0. The number of fused-ring (bicyclic) bond motifs is 1. The van der Waals surface area contributed by atoms with Gasteiger partial charge in [-0.3, -0.25) is 4.79 Å². The predicted molar refractivity (Wildman–Crippen MR) is 50.7 cm³/mol. The molecule has 2 rings (SSSR count). The molecular weight excluding hydrogens is 180 g/mol. The summed E-state index contributed by atoms with van der Waals surface area (Å²) in [6.07, 6.45) is 3.70. The van der Waals surface area contributed by atoms with Gasteiger partial charge in [0.15, 0.2) is 4.87 Å². The molecule has 1 aliphatic rings. The molecule has 0 radical (unpaired) electrons. The van der Waals surface area contributed by atoms with E-state index in [0.29, 0.717) is 17.0 Å². The number of hydrogen-bond acceptors (Lipinski definition) is 2. The van der Waals surface area contributed by atoms with Gasteiger partial charge < -0.3 is 0 Å². The molecule has 1 amide bonds. The molecule has 0 bridgehead atoms. The minimum atomic E-state index is -0.394. The number of nitroso groups, excluding NO2 is 1. The summed E-state index contributed by atoms with van der Waals surface area (Å²) in [7, 11) is 0. The molecule has 0 saturated heterocycles. The first-order valence-electron chi connectivity index (χ1n) is 4.30. The van der Waals surface area contributed by atoms with Crippen LogP contribution in [0.15, 0.2) is 36.4 Å². The van der Waals surface area contributed by atoms with Gasteiger partial charge in [-0.15, -0.1) is 0 Å². The molecule has 1 aliphatic heterocycles. The van der Waals surface area contributed by atoms with E-state index in [1.807, 2.05) is 12.1 Å². The molecule has 1 aromatic rings. The third-order valence-electron chi connectivity index (χ3n) is 2.03. The lowest BCUT2D eigenvalue weighted by molar-refractivity contribution is -0.513. The summed E-state index contributed by atoms with van der Waals surface area (Å²) in [6, 6.07) is 7.18. The van der Waals surface area contributed by atoms with Gasteiger partial charge in [-0.25, -0.2) is 0 Å². The van der Waals surface area contributed by atoms with Gasteiger partial charge in [-0.2, -0.15) is 0 Å². The third kappa shape index (κ3) is 1.54. The number of carbonyl (C=O) groups excluding carboxylic acids is 1. The van der Waals surface area contributed by atoms with Gasteiger partial charge in [-0.05, 0) is 6.42 Å². The van der Waals surface area contributed by atoms with Crippen LogP contribution in [0.2, 0.25) is 0 Å². The fraction of sp³-hybridized carbons (Fsp3) is 0.100. The Morgan fingerprint density at radius 2 is 2.07 bits per heavy atom. The minimum absolute atomic E-state index is 0.394. The first kappa shape index (κ1) is 8.62. The Labute approximate surface area is 80.8 Å². The first-order valence-corrected chi connectivity index (χ1v) is 4.30. The van der Waals surface area contributed by atoms with Crippen molar-refractivity contribution in [3.05, 3.63) is 46.9 Å². The second kappa shape index (κ2) is 3.41. The Bertz CT molecular complexity index is 424. The van der Waals surface area contributed by atoms with E-state index in [1.165, 1.54) is 6.08 Å². The van der Waals surface area contributed by atoms with Crippen molar-refractivity contribution in [2.75, 3.05) is 0 Å². The lowest BCUT2D eigenvalue weighted by atomic mass is 10.1. The van der Waals surface area contributed by atoms with E-state index in [9.17, 15) is 9.70 Å². The smallest absolute Gasteiger partial charge is 0.264 e. The van der Waals surface area contributed by atoms with Crippen LogP contribution in [0.25, 0.3) is 0 Å². The number of allylic oxidation sites excluding steroid dienone is 1. The number of benzene rings is 1. The van der Waals surface area contributed by atoms with Crippen molar-refractivity contribution in [2.45, 2.75) is 6.42 Å². The molecule has 14 heavy (non-hydrogen) atoms. The molecule has 0 atom stereocenters. The Balaban J connectivity index is 2.47. The van der Waals surface area contributed by atoms with E-state index >= 15 is 0 Å². The number of nitrogens with zero attached hydrogens (tertiary/aromatic N) is 1. The van der Waals surface area contributed by atoms with Crippen molar-refractivity contribution in [2.24, 2.45) is 0 Å². The molecule has 1 heterocycles. The predicted octanol–water partition coefficient (Wildman–Crippen LogP) is 1.24. The van der Waals surface area contributed by atoms with E-state index in [2.05, 4.69) is 5.43 Å². The van der Waals surface area contributed by atoms with Crippen molar-refractivity contribution >= 4 is 11.6 Å². The maximum absolute atomic E-state index is 11.4. The summed E-state index contributed by atoms with van der Waals surface area (Å²) < 4.78 is 0. The van der Waals surface area contributed by atoms with Crippen molar-refractivity contribution in [3.8, 4) is 0 Å². The topological polar surface area (TPSA) is 49.2 Å². The Morgan fingerprint density at radius 1 is 1.29 bits per heavy atom. The zero-order valence-corrected chi connectivity index (χ0v) is 7.43. The highest BCUT2D eigenvalue weighted by molar-refractivity contribution is 5.86. The average Bonchev–Trinajstić information content (AvgIpc) is 2.16. The number of nitrogens with one attached hydrogen (secondary N) is 1. The summed E-state index contributed by atoms with van der Waals surface area (Å²) in [6.45, 7) is 0. The van der Waals surface area contributed by atoms with Crippen LogP contribution < -0.4 is 5.43 Å². The van der Waals surface area contributed by atoms with Crippen LogP contribution >= 0.6 is 0 Å². The van der Waals surface area contributed by atoms with E-state index in [-0.39, 0.29) is 0 Å². The Kier molecular flexibility index (Phi) is 2.10. The largest absolute Gasteiger partial charge is 0.302 e. The van der Waals surface area contributed by atoms with E-state index in [1.54, 1.807) is 18.2 Å². The van der Waals surface area contributed by atoms with Crippen LogP contribution in [0.4, 0.5) is 5.69 Å². The molecular formula is C10H9N2O2+. The van der Waals surface area contributed by atoms with Gasteiger partial charge in [0.25, 0.3) is 5.69 Å². The van der Waals surface area contributed by atoms with Crippen LogP contribution in [-0.4, -0.2) is 10.8 Å². The highest BCUT2D eigenvalue weighted by Gasteiger charge is 2.21. The average molecular weight is 189 g/mol. The Hall–Kier alpha value is -1.97. The van der Waals surface area contributed by atoms with Crippen molar-refractivity contribution in [3.63, 3.8) is 0 Å². The number of para-hydroxylation sites is 1. The fourth-order valence-corrected chi connectivity index (χ4v) is 1.37. The van der Waals surface area contributed by atoms with E-state index in [4.69, 9.17) is 0 Å². The van der Waals surface area contributed by atoms with Gasteiger partial charge in [0, 0.05) is 17.7 Å². The molecule has 0 aromatic heterocycles. The molecule has 1 aromatic carbocycles. The number of amides is 1. The van der Waals surface area contributed by atoms with E-state index < -0.39 is 5.91 Å². The molecule has 0 spiro atoms. The molecule has 70 valence electrons. The first-order chi connectivity index (χ1) is 6.77.